The van der Waals surface area contributed by atoms with E-state index in [0.717, 1.165) is 27.9 Å². The SMILES string of the molecule is Cc1oc2ccccc2c1CNCc1cccc(C(=O)O)c1. The molecule has 2 aromatic carbocycles. The summed E-state index contributed by atoms with van der Waals surface area (Å²) in [7, 11) is 0. The van der Waals surface area contributed by atoms with Gasteiger partial charge in [-0.3, -0.25) is 0 Å². The van der Waals surface area contributed by atoms with Gasteiger partial charge < -0.3 is 14.8 Å². The average Bonchev–Trinajstić information content (AvgIpc) is 2.84. The lowest BCUT2D eigenvalue weighted by Crippen LogP contribution is -2.13. The van der Waals surface area contributed by atoms with Gasteiger partial charge in [-0.05, 0) is 30.7 Å². The first-order valence-electron chi connectivity index (χ1n) is 7.15. The van der Waals surface area contributed by atoms with Crippen molar-refractivity contribution in [3.63, 3.8) is 0 Å². The highest BCUT2D eigenvalue weighted by Crippen LogP contribution is 2.25. The monoisotopic (exact) mass is 295 g/mol. The first kappa shape index (κ1) is 14.4. The van der Waals surface area contributed by atoms with Gasteiger partial charge in [0.25, 0.3) is 0 Å². The van der Waals surface area contributed by atoms with Crippen LogP contribution in [-0.2, 0) is 13.1 Å². The van der Waals surface area contributed by atoms with Crippen LogP contribution in [0.3, 0.4) is 0 Å². The number of benzene rings is 2. The molecule has 0 saturated carbocycles. The van der Waals surface area contributed by atoms with E-state index in [-0.39, 0.29) is 0 Å². The van der Waals surface area contributed by atoms with Crippen LogP contribution in [0.4, 0.5) is 0 Å². The number of aryl methyl sites for hydroxylation is 1. The van der Waals surface area contributed by atoms with Crippen LogP contribution in [0, 0.1) is 6.92 Å². The minimum atomic E-state index is -0.904. The summed E-state index contributed by atoms with van der Waals surface area (Å²) >= 11 is 0. The Kier molecular flexibility index (Phi) is 3.94. The van der Waals surface area contributed by atoms with Crippen LogP contribution in [0.25, 0.3) is 11.0 Å². The van der Waals surface area contributed by atoms with Crippen LogP contribution >= 0.6 is 0 Å². The number of hydrogen-bond acceptors (Lipinski definition) is 3. The number of hydrogen-bond donors (Lipinski definition) is 2. The van der Waals surface area contributed by atoms with Crippen molar-refractivity contribution >= 4 is 16.9 Å². The molecule has 1 aromatic heterocycles. The van der Waals surface area contributed by atoms with E-state index in [1.807, 2.05) is 37.3 Å². The van der Waals surface area contributed by atoms with E-state index in [1.54, 1.807) is 18.2 Å². The summed E-state index contributed by atoms with van der Waals surface area (Å²) in [6.07, 6.45) is 0. The zero-order chi connectivity index (χ0) is 15.5. The van der Waals surface area contributed by atoms with E-state index < -0.39 is 5.97 Å². The molecule has 0 fully saturated rings. The topological polar surface area (TPSA) is 62.5 Å². The number of aromatic carboxylic acids is 1. The van der Waals surface area contributed by atoms with Crippen molar-refractivity contribution in [2.75, 3.05) is 0 Å². The molecule has 2 N–H and O–H groups in total. The largest absolute Gasteiger partial charge is 0.478 e. The Bertz CT molecular complexity index is 820. The smallest absolute Gasteiger partial charge is 0.335 e. The molecule has 0 radical (unpaired) electrons. The van der Waals surface area contributed by atoms with Gasteiger partial charge in [-0.25, -0.2) is 4.79 Å². The van der Waals surface area contributed by atoms with Crippen molar-refractivity contribution in [2.45, 2.75) is 20.0 Å². The minimum absolute atomic E-state index is 0.309. The highest BCUT2D eigenvalue weighted by molar-refractivity contribution is 5.87. The molecule has 4 nitrogen and oxygen atoms in total. The van der Waals surface area contributed by atoms with Gasteiger partial charge in [0.1, 0.15) is 11.3 Å². The molecule has 0 spiro atoms. The molecule has 0 saturated heterocycles. The van der Waals surface area contributed by atoms with Crippen molar-refractivity contribution in [1.82, 2.24) is 5.32 Å². The Balaban J connectivity index is 1.71. The highest BCUT2D eigenvalue weighted by atomic mass is 16.4. The summed E-state index contributed by atoms with van der Waals surface area (Å²) < 4.78 is 5.73. The summed E-state index contributed by atoms with van der Waals surface area (Å²) in [5.41, 5.74) is 3.30. The third-order valence-corrected chi connectivity index (χ3v) is 3.71. The summed E-state index contributed by atoms with van der Waals surface area (Å²) in [4.78, 5) is 11.0. The van der Waals surface area contributed by atoms with E-state index in [1.165, 1.54) is 0 Å². The molecule has 0 atom stereocenters. The van der Waals surface area contributed by atoms with Crippen molar-refractivity contribution in [2.24, 2.45) is 0 Å². The Hall–Kier alpha value is -2.59. The maximum absolute atomic E-state index is 11.0. The van der Waals surface area contributed by atoms with Crippen LogP contribution in [0.1, 0.15) is 27.2 Å². The molecule has 4 heteroatoms. The fourth-order valence-corrected chi connectivity index (χ4v) is 2.59. The van der Waals surface area contributed by atoms with E-state index in [4.69, 9.17) is 9.52 Å². The standard InChI is InChI=1S/C18H17NO3/c1-12-16(15-7-2-3-8-17(15)22-12)11-19-10-13-5-4-6-14(9-13)18(20)21/h2-9,19H,10-11H2,1H3,(H,20,21). The number of rotatable bonds is 5. The Labute approximate surface area is 128 Å². The molecule has 0 aliphatic carbocycles. The van der Waals surface area contributed by atoms with Crippen LogP contribution in [-0.4, -0.2) is 11.1 Å². The van der Waals surface area contributed by atoms with Gasteiger partial charge in [-0.1, -0.05) is 30.3 Å². The Morgan fingerprint density at radius 2 is 1.95 bits per heavy atom. The number of para-hydroxylation sites is 1. The second kappa shape index (κ2) is 6.03. The van der Waals surface area contributed by atoms with Gasteiger partial charge in [0, 0.05) is 24.0 Å². The molecule has 0 unspecified atom stereocenters. The quantitative estimate of drug-likeness (QED) is 0.753. The maximum atomic E-state index is 11.0. The van der Waals surface area contributed by atoms with E-state index in [9.17, 15) is 4.79 Å². The number of fused-ring (bicyclic) bond motifs is 1. The van der Waals surface area contributed by atoms with Crippen LogP contribution < -0.4 is 5.32 Å². The highest BCUT2D eigenvalue weighted by Gasteiger charge is 2.10. The molecule has 0 aliphatic heterocycles. The first-order chi connectivity index (χ1) is 10.6. The summed E-state index contributed by atoms with van der Waals surface area (Å²) in [5.74, 6) is 0.00603. The molecule has 1 heterocycles. The first-order valence-corrected chi connectivity index (χ1v) is 7.15. The predicted octanol–water partition coefficient (Wildman–Crippen LogP) is 3.73. The van der Waals surface area contributed by atoms with Crippen molar-refractivity contribution < 1.29 is 14.3 Å². The Morgan fingerprint density at radius 1 is 1.14 bits per heavy atom. The van der Waals surface area contributed by atoms with Gasteiger partial charge in [-0.15, -0.1) is 0 Å². The molecule has 3 aromatic rings. The summed E-state index contributed by atoms with van der Waals surface area (Å²) in [5, 5.41) is 13.5. The molecule has 0 amide bonds. The number of carbonyl (C=O) groups is 1. The fourth-order valence-electron chi connectivity index (χ4n) is 2.59. The van der Waals surface area contributed by atoms with Crippen molar-refractivity contribution in [3.8, 4) is 0 Å². The average molecular weight is 295 g/mol. The predicted molar refractivity (Wildman–Crippen MR) is 84.9 cm³/mol. The van der Waals surface area contributed by atoms with Crippen molar-refractivity contribution in [1.29, 1.82) is 0 Å². The number of carboxylic acid groups (broad SMARTS) is 1. The fraction of sp³-hybridized carbons (Fsp3) is 0.167. The third kappa shape index (κ3) is 2.87. The molecule has 112 valence electrons. The molecule has 0 bridgehead atoms. The molecule has 22 heavy (non-hydrogen) atoms. The maximum Gasteiger partial charge on any atom is 0.335 e. The Morgan fingerprint density at radius 3 is 2.77 bits per heavy atom. The molecule has 3 rings (SSSR count). The summed E-state index contributed by atoms with van der Waals surface area (Å²) in [6, 6.07) is 14.9. The van der Waals surface area contributed by atoms with Gasteiger partial charge in [0.2, 0.25) is 0 Å². The number of carboxylic acids is 1. The lowest BCUT2D eigenvalue weighted by atomic mass is 10.1. The number of nitrogens with one attached hydrogen (secondary N) is 1. The van der Waals surface area contributed by atoms with Crippen LogP contribution in [0.15, 0.2) is 52.9 Å². The second-order valence-corrected chi connectivity index (χ2v) is 5.24. The van der Waals surface area contributed by atoms with Crippen LogP contribution in [0.2, 0.25) is 0 Å². The molecular weight excluding hydrogens is 278 g/mol. The second-order valence-electron chi connectivity index (χ2n) is 5.24. The third-order valence-electron chi connectivity index (χ3n) is 3.71. The van der Waals surface area contributed by atoms with E-state index in [0.29, 0.717) is 18.7 Å². The van der Waals surface area contributed by atoms with Gasteiger partial charge in [-0.2, -0.15) is 0 Å². The van der Waals surface area contributed by atoms with Gasteiger partial charge >= 0.3 is 5.97 Å². The van der Waals surface area contributed by atoms with Crippen molar-refractivity contribution in [3.05, 3.63) is 71.0 Å². The lowest BCUT2D eigenvalue weighted by molar-refractivity contribution is 0.0696. The summed E-state index contributed by atoms with van der Waals surface area (Å²) in [6.45, 7) is 3.25. The molecular formula is C18H17NO3. The lowest BCUT2D eigenvalue weighted by Gasteiger charge is -2.06. The molecule has 0 aliphatic rings. The normalized spacial score (nSPS) is 11.0. The van der Waals surface area contributed by atoms with Gasteiger partial charge in [0.05, 0.1) is 5.56 Å². The van der Waals surface area contributed by atoms with Crippen LogP contribution in [0.5, 0.6) is 0 Å². The van der Waals surface area contributed by atoms with E-state index >= 15 is 0 Å². The van der Waals surface area contributed by atoms with Gasteiger partial charge in [0.15, 0.2) is 0 Å². The van der Waals surface area contributed by atoms with E-state index in [2.05, 4.69) is 5.32 Å². The zero-order valence-corrected chi connectivity index (χ0v) is 12.3. The zero-order valence-electron chi connectivity index (χ0n) is 12.3. The number of furan rings is 1. The minimum Gasteiger partial charge on any atom is -0.478 e.